The first-order valence-corrected chi connectivity index (χ1v) is 8.93. The SMILES string of the molecule is COc1cc(NC(=O)c2cccc(S(=O)(=O)N(C)OC)c2)cc(OC)c1. The summed E-state index contributed by atoms with van der Waals surface area (Å²) in [7, 11) is 1.66. The smallest absolute Gasteiger partial charge is 0.264 e. The number of nitrogens with zero attached hydrogens (tertiary/aromatic N) is 1. The minimum atomic E-state index is -3.85. The molecule has 0 aromatic heterocycles. The largest absolute Gasteiger partial charge is 0.497 e. The summed E-state index contributed by atoms with van der Waals surface area (Å²) < 4.78 is 35.6. The summed E-state index contributed by atoms with van der Waals surface area (Å²) in [4.78, 5) is 17.2. The number of hydrogen-bond acceptors (Lipinski definition) is 6. The molecule has 0 unspecified atom stereocenters. The summed E-state index contributed by atoms with van der Waals surface area (Å²) in [6.07, 6.45) is 0. The molecule has 0 bridgehead atoms. The van der Waals surface area contributed by atoms with Crippen molar-refractivity contribution in [1.29, 1.82) is 0 Å². The summed E-state index contributed by atoms with van der Waals surface area (Å²) in [5.74, 6) is 0.549. The number of carbonyl (C=O) groups excluding carboxylic acids is 1. The molecule has 0 saturated heterocycles. The minimum Gasteiger partial charge on any atom is -0.497 e. The Morgan fingerprint density at radius 2 is 1.62 bits per heavy atom. The molecule has 0 saturated carbocycles. The van der Waals surface area contributed by atoms with E-state index in [1.165, 1.54) is 52.6 Å². The normalized spacial score (nSPS) is 11.3. The number of ether oxygens (including phenoxy) is 2. The second-order valence-corrected chi connectivity index (χ2v) is 7.12. The molecule has 8 nitrogen and oxygen atoms in total. The van der Waals surface area contributed by atoms with Gasteiger partial charge in [-0.25, -0.2) is 8.42 Å². The van der Waals surface area contributed by atoms with Crippen LogP contribution in [0.15, 0.2) is 47.4 Å². The van der Waals surface area contributed by atoms with Crippen molar-refractivity contribution in [3.63, 3.8) is 0 Å². The van der Waals surface area contributed by atoms with Gasteiger partial charge in [0.15, 0.2) is 0 Å². The van der Waals surface area contributed by atoms with Gasteiger partial charge >= 0.3 is 0 Å². The van der Waals surface area contributed by atoms with Gasteiger partial charge in [0.2, 0.25) is 0 Å². The second kappa shape index (κ2) is 8.17. The van der Waals surface area contributed by atoms with Crippen LogP contribution in [-0.4, -0.2) is 47.2 Å². The molecule has 0 aliphatic heterocycles. The van der Waals surface area contributed by atoms with E-state index in [4.69, 9.17) is 14.3 Å². The van der Waals surface area contributed by atoms with Gasteiger partial charge in [0.25, 0.3) is 15.9 Å². The maximum Gasteiger partial charge on any atom is 0.264 e. The third-order valence-electron chi connectivity index (χ3n) is 3.60. The molecule has 1 amide bonds. The molecule has 9 heteroatoms. The zero-order chi connectivity index (χ0) is 19.3. The number of rotatable bonds is 7. The van der Waals surface area contributed by atoms with Crippen molar-refractivity contribution in [2.24, 2.45) is 0 Å². The molecule has 0 aliphatic carbocycles. The summed E-state index contributed by atoms with van der Waals surface area (Å²) in [6.45, 7) is 0. The van der Waals surface area contributed by atoms with Crippen LogP contribution in [0.25, 0.3) is 0 Å². The number of methoxy groups -OCH3 is 2. The van der Waals surface area contributed by atoms with E-state index in [1.54, 1.807) is 18.2 Å². The van der Waals surface area contributed by atoms with Crippen LogP contribution in [0.2, 0.25) is 0 Å². The Bertz CT molecular complexity index is 876. The molecule has 1 N–H and O–H groups in total. The van der Waals surface area contributed by atoms with Crippen LogP contribution in [0.1, 0.15) is 10.4 Å². The number of hydroxylamine groups is 1. The van der Waals surface area contributed by atoms with E-state index < -0.39 is 15.9 Å². The second-order valence-electron chi connectivity index (χ2n) is 5.18. The van der Waals surface area contributed by atoms with E-state index >= 15 is 0 Å². The van der Waals surface area contributed by atoms with Crippen LogP contribution in [0.5, 0.6) is 11.5 Å². The Morgan fingerprint density at radius 1 is 1.00 bits per heavy atom. The highest BCUT2D eigenvalue weighted by Gasteiger charge is 2.22. The molecule has 0 atom stereocenters. The van der Waals surface area contributed by atoms with E-state index in [1.807, 2.05) is 0 Å². The molecular formula is C17H20N2O6S. The zero-order valence-corrected chi connectivity index (χ0v) is 15.7. The van der Waals surface area contributed by atoms with Gasteiger partial charge in [-0.2, -0.15) is 0 Å². The molecule has 0 aliphatic rings. The highest BCUT2D eigenvalue weighted by Crippen LogP contribution is 2.26. The van der Waals surface area contributed by atoms with Gasteiger partial charge in [0, 0.05) is 36.5 Å². The zero-order valence-electron chi connectivity index (χ0n) is 14.8. The molecule has 140 valence electrons. The van der Waals surface area contributed by atoms with Gasteiger partial charge in [0.05, 0.1) is 26.2 Å². The van der Waals surface area contributed by atoms with E-state index in [9.17, 15) is 13.2 Å². The van der Waals surface area contributed by atoms with Crippen molar-refractivity contribution in [2.45, 2.75) is 4.90 Å². The molecule has 0 spiro atoms. The van der Waals surface area contributed by atoms with E-state index in [-0.39, 0.29) is 10.5 Å². The van der Waals surface area contributed by atoms with Crippen LogP contribution < -0.4 is 14.8 Å². The van der Waals surface area contributed by atoms with Gasteiger partial charge < -0.3 is 14.8 Å². The molecule has 2 aromatic rings. The Balaban J connectivity index is 2.30. The summed E-state index contributed by atoms with van der Waals surface area (Å²) in [5, 5.41) is 2.69. The number of anilines is 1. The van der Waals surface area contributed by atoms with E-state index in [2.05, 4.69) is 5.32 Å². The third kappa shape index (κ3) is 4.31. The lowest BCUT2D eigenvalue weighted by atomic mass is 10.2. The number of carbonyl (C=O) groups is 1. The number of hydrogen-bond donors (Lipinski definition) is 1. The van der Waals surface area contributed by atoms with Crippen molar-refractivity contribution in [3.8, 4) is 11.5 Å². The maximum absolute atomic E-state index is 12.5. The fourth-order valence-corrected chi connectivity index (χ4v) is 3.15. The Morgan fingerprint density at radius 3 is 2.15 bits per heavy atom. The number of nitrogens with one attached hydrogen (secondary N) is 1. The lowest BCUT2D eigenvalue weighted by Crippen LogP contribution is -2.26. The van der Waals surface area contributed by atoms with E-state index in [0.29, 0.717) is 17.2 Å². The molecule has 2 rings (SSSR count). The average molecular weight is 380 g/mol. The molecular weight excluding hydrogens is 360 g/mol. The number of sulfonamides is 1. The minimum absolute atomic E-state index is 0.0577. The third-order valence-corrected chi connectivity index (χ3v) is 5.27. The van der Waals surface area contributed by atoms with Crippen molar-refractivity contribution >= 4 is 21.6 Å². The maximum atomic E-state index is 12.5. The first-order valence-electron chi connectivity index (χ1n) is 7.49. The average Bonchev–Trinajstić information content (AvgIpc) is 2.66. The van der Waals surface area contributed by atoms with Gasteiger partial charge in [0.1, 0.15) is 11.5 Å². The van der Waals surface area contributed by atoms with Crippen LogP contribution in [0.3, 0.4) is 0 Å². The summed E-state index contributed by atoms with van der Waals surface area (Å²) in [5.41, 5.74) is 0.630. The van der Waals surface area contributed by atoms with Crippen molar-refractivity contribution in [2.75, 3.05) is 33.7 Å². The lowest BCUT2D eigenvalue weighted by molar-refractivity contribution is -0.0258. The molecule has 0 radical (unpaired) electrons. The van der Waals surface area contributed by atoms with Gasteiger partial charge in [-0.1, -0.05) is 10.5 Å². The van der Waals surface area contributed by atoms with Crippen molar-refractivity contribution in [1.82, 2.24) is 4.47 Å². The quantitative estimate of drug-likeness (QED) is 0.740. The van der Waals surface area contributed by atoms with Crippen LogP contribution in [0, 0.1) is 0 Å². The highest BCUT2D eigenvalue weighted by molar-refractivity contribution is 7.89. The van der Waals surface area contributed by atoms with E-state index in [0.717, 1.165) is 4.47 Å². The lowest BCUT2D eigenvalue weighted by Gasteiger charge is -2.15. The predicted molar refractivity (Wildman–Crippen MR) is 95.9 cm³/mol. The summed E-state index contributed by atoms with van der Waals surface area (Å²) in [6, 6.07) is 10.6. The first kappa shape index (κ1) is 19.7. The van der Waals surface area contributed by atoms with Crippen molar-refractivity contribution < 1.29 is 27.5 Å². The van der Waals surface area contributed by atoms with Crippen LogP contribution in [-0.2, 0) is 14.9 Å². The molecule has 0 heterocycles. The van der Waals surface area contributed by atoms with Crippen LogP contribution in [0.4, 0.5) is 5.69 Å². The first-order chi connectivity index (χ1) is 12.3. The van der Waals surface area contributed by atoms with Gasteiger partial charge in [-0.05, 0) is 18.2 Å². The topological polar surface area (TPSA) is 94.2 Å². The fourth-order valence-electron chi connectivity index (χ4n) is 2.13. The fraction of sp³-hybridized carbons (Fsp3) is 0.235. The molecule has 26 heavy (non-hydrogen) atoms. The molecule has 0 fully saturated rings. The monoisotopic (exact) mass is 380 g/mol. The Labute approximate surface area is 152 Å². The Hall–Kier alpha value is -2.62. The Kier molecular flexibility index (Phi) is 6.19. The van der Waals surface area contributed by atoms with Gasteiger partial charge in [-0.3, -0.25) is 9.63 Å². The number of amides is 1. The molecule has 2 aromatic carbocycles. The van der Waals surface area contributed by atoms with Crippen molar-refractivity contribution in [3.05, 3.63) is 48.0 Å². The number of benzene rings is 2. The predicted octanol–water partition coefficient (Wildman–Crippen LogP) is 2.14. The highest BCUT2D eigenvalue weighted by atomic mass is 32.2. The summed E-state index contributed by atoms with van der Waals surface area (Å²) >= 11 is 0. The van der Waals surface area contributed by atoms with Gasteiger partial charge in [-0.15, -0.1) is 0 Å². The standard InChI is InChI=1S/C17H20N2O6S/c1-19(25-4)26(21,22)16-7-5-6-12(8-16)17(20)18-13-9-14(23-2)11-15(10-13)24-3/h5-11H,1-4H3,(H,18,20). The van der Waals surface area contributed by atoms with Crippen LogP contribution >= 0.6 is 0 Å².